The Morgan fingerprint density at radius 3 is 2.50 bits per heavy atom. The molecule has 0 saturated heterocycles. The fourth-order valence-corrected chi connectivity index (χ4v) is 0.922. The predicted octanol–water partition coefficient (Wildman–Crippen LogP) is 0.449. The van der Waals surface area contributed by atoms with Crippen molar-refractivity contribution in [1.82, 2.24) is 19.9 Å². The molecular weight excluding hydrogens is 154 g/mol. The molecule has 12 heavy (non-hydrogen) atoms. The number of nitrogens with zero attached hydrogens (tertiary/aromatic N) is 3. The molecule has 0 unspecified atom stereocenters. The van der Waals surface area contributed by atoms with Gasteiger partial charge in [0, 0.05) is 18.0 Å². The lowest BCUT2D eigenvalue weighted by atomic mass is 10.3. The van der Waals surface area contributed by atoms with Crippen LogP contribution in [0.3, 0.4) is 0 Å². The third-order valence-corrected chi connectivity index (χ3v) is 1.47. The van der Waals surface area contributed by atoms with Crippen LogP contribution in [0.4, 0.5) is 5.95 Å². The Labute approximate surface area is 68.7 Å². The van der Waals surface area contributed by atoms with E-state index in [1.54, 1.807) is 18.6 Å². The van der Waals surface area contributed by atoms with Crippen LogP contribution in [0.2, 0.25) is 0 Å². The quantitative estimate of drug-likeness (QED) is 0.636. The van der Waals surface area contributed by atoms with Gasteiger partial charge in [0.1, 0.15) is 6.33 Å². The molecule has 2 heterocycles. The third-order valence-electron chi connectivity index (χ3n) is 1.47. The van der Waals surface area contributed by atoms with E-state index in [4.69, 9.17) is 5.73 Å². The summed E-state index contributed by atoms with van der Waals surface area (Å²) < 4.78 is 0. The van der Waals surface area contributed by atoms with Crippen molar-refractivity contribution in [2.45, 2.75) is 0 Å². The Hall–Kier alpha value is -1.91. The van der Waals surface area contributed by atoms with Gasteiger partial charge in [-0.2, -0.15) is 0 Å². The molecule has 0 aliphatic carbocycles. The second kappa shape index (κ2) is 2.61. The van der Waals surface area contributed by atoms with E-state index in [0.29, 0.717) is 5.95 Å². The summed E-state index contributed by atoms with van der Waals surface area (Å²) >= 11 is 0. The van der Waals surface area contributed by atoms with Gasteiger partial charge in [0.2, 0.25) is 0 Å². The van der Waals surface area contributed by atoms with Crippen LogP contribution in [0, 0.1) is 0 Å². The first-order valence-electron chi connectivity index (χ1n) is 3.42. The van der Waals surface area contributed by atoms with E-state index in [-0.39, 0.29) is 0 Å². The lowest BCUT2D eigenvalue weighted by molar-refractivity contribution is 1.16. The molecule has 0 aliphatic rings. The molecule has 60 valence electrons. The number of nitrogens with one attached hydrogen (secondary N) is 1. The van der Waals surface area contributed by atoms with E-state index in [2.05, 4.69) is 19.9 Å². The fourth-order valence-electron chi connectivity index (χ4n) is 0.922. The van der Waals surface area contributed by atoms with Crippen LogP contribution in [0.5, 0.6) is 0 Å². The molecule has 5 nitrogen and oxygen atoms in total. The number of rotatable bonds is 1. The standard InChI is InChI=1S/C7H7N5/c8-7-11-3-6(12-7)5-1-9-4-10-2-5/h1-4H,(H3,8,11,12). The Morgan fingerprint density at radius 1 is 1.17 bits per heavy atom. The van der Waals surface area contributed by atoms with Crippen LogP contribution in [0.15, 0.2) is 24.9 Å². The normalized spacial score (nSPS) is 10.0. The average molecular weight is 161 g/mol. The van der Waals surface area contributed by atoms with Gasteiger partial charge in [-0.1, -0.05) is 0 Å². The van der Waals surface area contributed by atoms with Gasteiger partial charge in [0.25, 0.3) is 0 Å². The Morgan fingerprint density at radius 2 is 1.92 bits per heavy atom. The number of imidazole rings is 1. The second-order valence-corrected chi connectivity index (χ2v) is 2.31. The van der Waals surface area contributed by atoms with Gasteiger partial charge in [0.05, 0.1) is 11.9 Å². The number of nitrogen functional groups attached to an aromatic ring is 1. The highest BCUT2D eigenvalue weighted by molar-refractivity contribution is 5.57. The third kappa shape index (κ3) is 1.12. The summed E-state index contributed by atoms with van der Waals surface area (Å²) in [5.74, 6) is 0.397. The number of H-pyrrole nitrogens is 1. The minimum absolute atomic E-state index is 0.397. The topological polar surface area (TPSA) is 80.5 Å². The number of aromatic nitrogens is 4. The first kappa shape index (κ1) is 6.78. The molecule has 5 heteroatoms. The summed E-state index contributed by atoms with van der Waals surface area (Å²) in [6.45, 7) is 0. The fraction of sp³-hybridized carbons (Fsp3) is 0. The number of nitrogens with two attached hydrogens (primary N) is 1. The predicted molar refractivity (Wildman–Crippen MR) is 44.0 cm³/mol. The summed E-state index contributed by atoms with van der Waals surface area (Å²) in [6.07, 6.45) is 6.51. The summed E-state index contributed by atoms with van der Waals surface area (Å²) in [6, 6.07) is 0. The molecular formula is C7H7N5. The maximum Gasteiger partial charge on any atom is 0.197 e. The van der Waals surface area contributed by atoms with E-state index in [0.717, 1.165) is 11.3 Å². The van der Waals surface area contributed by atoms with E-state index >= 15 is 0 Å². The summed E-state index contributed by atoms with van der Waals surface area (Å²) in [5.41, 5.74) is 7.11. The van der Waals surface area contributed by atoms with Crippen LogP contribution < -0.4 is 5.73 Å². The average Bonchev–Trinajstić information content (AvgIpc) is 2.54. The first-order valence-corrected chi connectivity index (χ1v) is 3.42. The van der Waals surface area contributed by atoms with Gasteiger partial charge in [-0.05, 0) is 0 Å². The van der Waals surface area contributed by atoms with E-state index in [1.807, 2.05) is 0 Å². The number of aromatic amines is 1. The van der Waals surface area contributed by atoms with Crippen LogP contribution in [0.25, 0.3) is 11.3 Å². The van der Waals surface area contributed by atoms with Crippen molar-refractivity contribution in [3.63, 3.8) is 0 Å². The minimum atomic E-state index is 0.397. The molecule has 0 amide bonds. The van der Waals surface area contributed by atoms with Gasteiger partial charge in [0.15, 0.2) is 5.95 Å². The highest BCUT2D eigenvalue weighted by Crippen LogP contribution is 2.13. The van der Waals surface area contributed by atoms with Crippen molar-refractivity contribution in [3.05, 3.63) is 24.9 Å². The van der Waals surface area contributed by atoms with Gasteiger partial charge < -0.3 is 10.7 Å². The molecule has 0 saturated carbocycles. The van der Waals surface area contributed by atoms with Crippen molar-refractivity contribution in [2.24, 2.45) is 0 Å². The van der Waals surface area contributed by atoms with Gasteiger partial charge in [-0.15, -0.1) is 0 Å². The van der Waals surface area contributed by atoms with E-state index < -0.39 is 0 Å². The molecule has 0 atom stereocenters. The maximum atomic E-state index is 5.41. The van der Waals surface area contributed by atoms with Crippen molar-refractivity contribution in [2.75, 3.05) is 5.73 Å². The largest absolute Gasteiger partial charge is 0.369 e. The van der Waals surface area contributed by atoms with E-state index in [9.17, 15) is 0 Å². The van der Waals surface area contributed by atoms with E-state index in [1.165, 1.54) is 6.33 Å². The lowest BCUT2D eigenvalue weighted by Crippen LogP contribution is -1.86. The molecule has 2 aromatic heterocycles. The van der Waals surface area contributed by atoms with Gasteiger partial charge >= 0.3 is 0 Å². The zero-order chi connectivity index (χ0) is 8.39. The van der Waals surface area contributed by atoms with Crippen LogP contribution in [0.1, 0.15) is 0 Å². The molecule has 0 aliphatic heterocycles. The van der Waals surface area contributed by atoms with Crippen molar-refractivity contribution < 1.29 is 0 Å². The molecule has 2 aromatic rings. The molecule has 3 N–H and O–H groups in total. The highest BCUT2D eigenvalue weighted by Gasteiger charge is 1.99. The van der Waals surface area contributed by atoms with Crippen LogP contribution >= 0.6 is 0 Å². The number of hydrogen-bond donors (Lipinski definition) is 2. The van der Waals surface area contributed by atoms with Gasteiger partial charge in [-0.25, -0.2) is 15.0 Å². The molecule has 0 aromatic carbocycles. The zero-order valence-electron chi connectivity index (χ0n) is 6.23. The Kier molecular flexibility index (Phi) is 1.48. The molecule has 0 fully saturated rings. The smallest absolute Gasteiger partial charge is 0.197 e. The van der Waals surface area contributed by atoms with Crippen molar-refractivity contribution in [1.29, 1.82) is 0 Å². The van der Waals surface area contributed by atoms with Crippen LogP contribution in [-0.2, 0) is 0 Å². The minimum Gasteiger partial charge on any atom is -0.369 e. The zero-order valence-corrected chi connectivity index (χ0v) is 6.23. The molecule has 0 bridgehead atoms. The second-order valence-electron chi connectivity index (χ2n) is 2.31. The summed E-state index contributed by atoms with van der Waals surface area (Å²) in [7, 11) is 0. The Balaban J connectivity index is 2.45. The number of anilines is 1. The molecule has 0 spiro atoms. The summed E-state index contributed by atoms with van der Waals surface area (Å²) in [4.78, 5) is 14.5. The molecule has 0 radical (unpaired) electrons. The highest BCUT2D eigenvalue weighted by atomic mass is 15.0. The lowest BCUT2D eigenvalue weighted by Gasteiger charge is -1.92. The summed E-state index contributed by atoms with van der Waals surface area (Å²) in [5, 5.41) is 0. The first-order chi connectivity index (χ1) is 5.86. The van der Waals surface area contributed by atoms with Crippen molar-refractivity contribution in [3.8, 4) is 11.3 Å². The number of hydrogen-bond acceptors (Lipinski definition) is 4. The van der Waals surface area contributed by atoms with Gasteiger partial charge in [-0.3, -0.25) is 0 Å². The monoisotopic (exact) mass is 161 g/mol. The Bertz CT molecular complexity index is 366. The molecule has 2 rings (SSSR count). The maximum absolute atomic E-state index is 5.41. The van der Waals surface area contributed by atoms with Crippen LogP contribution in [-0.4, -0.2) is 19.9 Å². The van der Waals surface area contributed by atoms with Crippen molar-refractivity contribution >= 4 is 5.95 Å². The SMILES string of the molecule is Nc1ncc(-c2cncnc2)[nH]1.